The van der Waals surface area contributed by atoms with E-state index in [4.69, 9.17) is 9.47 Å². The van der Waals surface area contributed by atoms with Gasteiger partial charge in [-0.2, -0.15) is 0 Å². The van der Waals surface area contributed by atoms with Gasteiger partial charge >= 0.3 is 0 Å². The maximum atomic E-state index is 5.61. The summed E-state index contributed by atoms with van der Waals surface area (Å²) in [6.45, 7) is 7.38. The van der Waals surface area contributed by atoms with Gasteiger partial charge in [-0.15, -0.1) is 0 Å². The first-order chi connectivity index (χ1) is 8.83. The van der Waals surface area contributed by atoms with Crippen LogP contribution in [-0.2, 0) is 0 Å². The van der Waals surface area contributed by atoms with Crippen LogP contribution in [0.2, 0.25) is 0 Å². The van der Waals surface area contributed by atoms with Crippen molar-refractivity contribution in [3.8, 4) is 11.5 Å². The van der Waals surface area contributed by atoms with Crippen LogP contribution in [-0.4, -0.2) is 32.3 Å². The highest BCUT2D eigenvalue weighted by molar-refractivity contribution is 5.55. The molecular formula is C14H22N2O2. The van der Waals surface area contributed by atoms with Crippen molar-refractivity contribution in [2.75, 3.05) is 31.6 Å². The highest BCUT2D eigenvalue weighted by Crippen LogP contribution is 2.31. The summed E-state index contributed by atoms with van der Waals surface area (Å²) >= 11 is 0. The van der Waals surface area contributed by atoms with Crippen molar-refractivity contribution in [2.45, 2.75) is 26.3 Å². The van der Waals surface area contributed by atoms with Crippen molar-refractivity contribution >= 4 is 5.69 Å². The molecule has 0 aliphatic carbocycles. The molecule has 1 atom stereocenters. The predicted molar refractivity (Wildman–Crippen MR) is 73.7 cm³/mol. The lowest BCUT2D eigenvalue weighted by Gasteiger charge is -2.16. The van der Waals surface area contributed by atoms with Crippen LogP contribution in [0.1, 0.15) is 20.3 Å². The second-order valence-corrected chi connectivity index (χ2v) is 4.36. The van der Waals surface area contributed by atoms with E-state index in [9.17, 15) is 0 Å². The van der Waals surface area contributed by atoms with Crippen LogP contribution < -0.4 is 20.1 Å². The molecule has 0 radical (unpaired) electrons. The van der Waals surface area contributed by atoms with Gasteiger partial charge in [-0.1, -0.05) is 0 Å². The third kappa shape index (κ3) is 3.29. The van der Waals surface area contributed by atoms with Gasteiger partial charge < -0.3 is 20.1 Å². The number of benzene rings is 1. The van der Waals surface area contributed by atoms with E-state index in [0.29, 0.717) is 19.3 Å². The summed E-state index contributed by atoms with van der Waals surface area (Å²) in [5.74, 6) is 1.63. The first-order valence-corrected chi connectivity index (χ1v) is 6.70. The Labute approximate surface area is 109 Å². The average molecular weight is 250 g/mol. The summed E-state index contributed by atoms with van der Waals surface area (Å²) in [5.41, 5.74) is 1.09. The van der Waals surface area contributed by atoms with Gasteiger partial charge in [0.25, 0.3) is 0 Å². The number of hydrogen-bond acceptors (Lipinski definition) is 4. The van der Waals surface area contributed by atoms with E-state index in [0.717, 1.165) is 36.7 Å². The number of nitrogens with one attached hydrogen (secondary N) is 2. The highest BCUT2D eigenvalue weighted by atomic mass is 16.5. The lowest BCUT2D eigenvalue weighted by atomic mass is 10.2. The molecule has 0 aromatic heterocycles. The largest absolute Gasteiger partial charge is 0.490 e. The second-order valence-electron chi connectivity index (χ2n) is 4.36. The minimum atomic E-state index is 0.512. The fourth-order valence-corrected chi connectivity index (χ4v) is 2.15. The number of hydrogen-bond donors (Lipinski definition) is 2. The Morgan fingerprint density at radius 2 is 2.00 bits per heavy atom. The van der Waals surface area contributed by atoms with E-state index in [1.54, 1.807) is 0 Å². The first kappa shape index (κ1) is 13.0. The summed E-state index contributed by atoms with van der Waals surface area (Å²) in [6.07, 6.45) is 1.16. The molecule has 0 bridgehead atoms. The minimum Gasteiger partial charge on any atom is -0.490 e. The van der Waals surface area contributed by atoms with E-state index in [1.165, 1.54) is 0 Å². The zero-order chi connectivity index (χ0) is 12.8. The van der Waals surface area contributed by atoms with Crippen LogP contribution in [0.4, 0.5) is 5.69 Å². The molecule has 0 amide bonds. The minimum absolute atomic E-state index is 0.512. The quantitative estimate of drug-likeness (QED) is 0.812. The lowest BCUT2D eigenvalue weighted by Crippen LogP contribution is -2.22. The Kier molecular flexibility index (Phi) is 4.70. The summed E-state index contributed by atoms with van der Waals surface area (Å²) in [5, 5.41) is 6.86. The molecule has 100 valence electrons. The molecule has 1 fully saturated rings. The molecule has 0 saturated carbocycles. The molecule has 1 aromatic carbocycles. The van der Waals surface area contributed by atoms with Crippen molar-refractivity contribution in [2.24, 2.45) is 0 Å². The molecule has 2 rings (SSSR count). The topological polar surface area (TPSA) is 42.5 Å². The van der Waals surface area contributed by atoms with Crippen LogP contribution in [0.3, 0.4) is 0 Å². The van der Waals surface area contributed by atoms with E-state index in [1.807, 2.05) is 32.0 Å². The van der Waals surface area contributed by atoms with Gasteiger partial charge in [-0.3, -0.25) is 0 Å². The first-order valence-electron chi connectivity index (χ1n) is 6.70. The molecule has 1 saturated heterocycles. The molecule has 1 aliphatic heterocycles. The molecule has 0 spiro atoms. The van der Waals surface area contributed by atoms with Gasteiger partial charge in [0.2, 0.25) is 0 Å². The van der Waals surface area contributed by atoms with Crippen molar-refractivity contribution in [1.82, 2.24) is 5.32 Å². The van der Waals surface area contributed by atoms with E-state index in [2.05, 4.69) is 10.6 Å². The second kappa shape index (κ2) is 6.50. The SMILES string of the molecule is CCOc1ccc(NC2CCNC2)cc1OCC. The van der Waals surface area contributed by atoms with Crippen LogP contribution in [0.25, 0.3) is 0 Å². The Bertz CT molecular complexity index is 376. The van der Waals surface area contributed by atoms with Crippen LogP contribution in [0.5, 0.6) is 11.5 Å². The molecule has 1 unspecified atom stereocenters. The Morgan fingerprint density at radius 3 is 2.67 bits per heavy atom. The Hall–Kier alpha value is -1.42. The highest BCUT2D eigenvalue weighted by Gasteiger charge is 2.14. The number of ether oxygens (including phenoxy) is 2. The maximum absolute atomic E-state index is 5.61. The van der Waals surface area contributed by atoms with Gasteiger partial charge in [0.1, 0.15) is 0 Å². The number of anilines is 1. The summed E-state index contributed by atoms with van der Waals surface area (Å²) in [4.78, 5) is 0. The molecule has 18 heavy (non-hydrogen) atoms. The summed E-state index contributed by atoms with van der Waals surface area (Å²) in [7, 11) is 0. The van der Waals surface area contributed by atoms with Gasteiger partial charge in [0, 0.05) is 24.3 Å². The van der Waals surface area contributed by atoms with Crippen molar-refractivity contribution in [3.05, 3.63) is 18.2 Å². The van der Waals surface area contributed by atoms with Crippen molar-refractivity contribution < 1.29 is 9.47 Å². The molecule has 1 aromatic rings. The summed E-state index contributed by atoms with van der Waals surface area (Å²) < 4.78 is 11.2. The average Bonchev–Trinajstić information content (AvgIpc) is 2.86. The fourth-order valence-electron chi connectivity index (χ4n) is 2.15. The molecule has 1 aliphatic rings. The van der Waals surface area contributed by atoms with Gasteiger partial charge in [-0.05, 0) is 38.9 Å². The van der Waals surface area contributed by atoms with Crippen LogP contribution >= 0.6 is 0 Å². The molecule has 4 heteroatoms. The monoisotopic (exact) mass is 250 g/mol. The van der Waals surface area contributed by atoms with E-state index in [-0.39, 0.29) is 0 Å². The third-order valence-corrected chi connectivity index (χ3v) is 2.97. The van der Waals surface area contributed by atoms with Crippen molar-refractivity contribution in [1.29, 1.82) is 0 Å². The van der Waals surface area contributed by atoms with Crippen molar-refractivity contribution in [3.63, 3.8) is 0 Å². The molecular weight excluding hydrogens is 228 g/mol. The van der Waals surface area contributed by atoms with Gasteiger partial charge in [-0.25, -0.2) is 0 Å². The normalized spacial score (nSPS) is 18.7. The maximum Gasteiger partial charge on any atom is 0.163 e. The molecule has 1 heterocycles. The lowest BCUT2D eigenvalue weighted by molar-refractivity contribution is 0.288. The predicted octanol–water partition coefficient (Wildman–Crippen LogP) is 2.26. The van der Waals surface area contributed by atoms with Crippen LogP contribution in [0.15, 0.2) is 18.2 Å². The van der Waals surface area contributed by atoms with E-state index >= 15 is 0 Å². The smallest absolute Gasteiger partial charge is 0.163 e. The standard InChI is InChI=1S/C14H22N2O2/c1-3-17-13-6-5-11(9-14(13)18-4-2)16-12-7-8-15-10-12/h5-6,9,12,15-16H,3-4,7-8,10H2,1-2H3. The zero-order valence-electron chi connectivity index (χ0n) is 11.2. The van der Waals surface area contributed by atoms with Gasteiger partial charge in [0.15, 0.2) is 11.5 Å². The Balaban J connectivity index is 2.08. The molecule has 4 nitrogen and oxygen atoms in total. The number of rotatable bonds is 6. The Morgan fingerprint density at radius 1 is 1.22 bits per heavy atom. The van der Waals surface area contributed by atoms with Crippen LogP contribution in [0, 0.1) is 0 Å². The van der Waals surface area contributed by atoms with Gasteiger partial charge in [0.05, 0.1) is 13.2 Å². The van der Waals surface area contributed by atoms with E-state index < -0.39 is 0 Å². The summed E-state index contributed by atoms with van der Waals surface area (Å²) in [6, 6.07) is 6.55. The third-order valence-electron chi connectivity index (χ3n) is 2.97. The molecule has 2 N–H and O–H groups in total. The fraction of sp³-hybridized carbons (Fsp3) is 0.571. The zero-order valence-corrected chi connectivity index (χ0v) is 11.2.